The van der Waals surface area contributed by atoms with E-state index < -0.39 is 10.8 Å². The molecule has 0 aliphatic carbocycles. The summed E-state index contributed by atoms with van der Waals surface area (Å²) in [7, 11) is 0. The molecule has 140 valence electrons. The molecular formula is C21H16N2O5. The van der Waals surface area contributed by atoms with E-state index in [1.807, 2.05) is 42.5 Å². The van der Waals surface area contributed by atoms with E-state index in [1.165, 1.54) is 12.1 Å². The largest absolute Gasteiger partial charge is 0.483 e. The van der Waals surface area contributed by atoms with Crippen LogP contribution in [0.25, 0.3) is 11.1 Å². The summed E-state index contributed by atoms with van der Waals surface area (Å²) < 4.78 is 5.32. The second kappa shape index (κ2) is 8.59. The third-order valence-electron chi connectivity index (χ3n) is 3.97. The first-order chi connectivity index (χ1) is 13.6. The van der Waals surface area contributed by atoms with Crippen molar-refractivity contribution in [3.63, 3.8) is 0 Å². The van der Waals surface area contributed by atoms with Gasteiger partial charge in [-0.05, 0) is 29.3 Å². The van der Waals surface area contributed by atoms with E-state index in [-0.39, 0.29) is 23.6 Å². The van der Waals surface area contributed by atoms with E-state index in [0.717, 1.165) is 17.2 Å². The monoisotopic (exact) mass is 376 g/mol. The zero-order valence-corrected chi connectivity index (χ0v) is 14.7. The van der Waals surface area contributed by atoms with Gasteiger partial charge in [-0.2, -0.15) is 0 Å². The Morgan fingerprint density at radius 2 is 1.68 bits per heavy atom. The van der Waals surface area contributed by atoms with Crippen molar-refractivity contribution in [3.8, 4) is 16.9 Å². The van der Waals surface area contributed by atoms with Crippen LogP contribution in [-0.4, -0.2) is 23.7 Å². The number of carbonyl (C=O) groups is 2. The Bertz CT molecular complexity index is 1000. The van der Waals surface area contributed by atoms with Gasteiger partial charge in [-0.3, -0.25) is 19.7 Å². The summed E-state index contributed by atoms with van der Waals surface area (Å²) in [5.41, 5.74) is 2.49. The first kappa shape index (κ1) is 18.8. The molecule has 0 unspecified atom stereocenters. The zero-order chi connectivity index (χ0) is 19.9. The molecule has 0 radical (unpaired) electrons. The van der Waals surface area contributed by atoms with E-state index in [4.69, 9.17) is 4.74 Å². The number of ether oxygens (including phenoxy) is 1. The molecule has 7 nitrogen and oxygen atoms in total. The Morgan fingerprint density at radius 1 is 1.00 bits per heavy atom. The average molecular weight is 376 g/mol. The maximum absolute atomic E-state index is 12.1. The Balaban J connectivity index is 1.60. The van der Waals surface area contributed by atoms with Crippen LogP contribution in [0, 0.1) is 10.1 Å². The number of nitro benzene ring substituents is 1. The van der Waals surface area contributed by atoms with Crippen LogP contribution in [0.3, 0.4) is 0 Å². The molecule has 0 aliphatic heterocycles. The molecule has 1 amide bonds. The number of benzene rings is 3. The molecule has 0 aromatic heterocycles. The molecule has 1 N–H and O–H groups in total. The lowest BCUT2D eigenvalue weighted by molar-refractivity contribution is -0.384. The van der Waals surface area contributed by atoms with E-state index in [0.29, 0.717) is 12.0 Å². The van der Waals surface area contributed by atoms with E-state index in [9.17, 15) is 19.7 Å². The van der Waals surface area contributed by atoms with Crippen molar-refractivity contribution in [2.45, 2.75) is 0 Å². The highest BCUT2D eigenvalue weighted by atomic mass is 16.6. The minimum atomic E-state index is -0.609. The normalized spacial score (nSPS) is 10.1. The smallest absolute Gasteiger partial charge is 0.270 e. The van der Waals surface area contributed by atoms with Crippen molar-refractivity contribution in [2.24, 2.45) is 0 Å². The van der Waals surface area contributed by atoms with Gasteiger partial charge >= 0.3 is 0 Å². The predicted octanol–water partition coefficient (Wildman–Crippen LogP) is 4.09. The van der Waals surface area contributed by atoms with Crippen molar-refractivity contribution >= 4 is 23.6 Å². The standard InChI is InChI=1S/C21H16N2O5/c24-13-17-12-19(23(26)27)10-11-20(17)28-14-21(25)22-18-8-6-16(7-9-18)15-4-2-1-3-5-15/h1-13H,14H2,(H,22,25). The quantitative estimate of drug-likeness (QED) is 0.380. The second-order valence-electron chi connectivity index (χ2n) is 5.88. The maximum Gasteiger partial charge on any atom is 0.270 e. The van der Waals surface area contributed by atoms with Crippen molar-refractivity contribution in [3.05, 3.63) is 88.5 Å². The lowest BCUT2D eigenvalue weighted by Gasteiger charge is -2.09. The van der Waals surface area contributed by atoms with Crippen LogP contribution in [0.2, 0.25) is 0 Å². The third-order valence-corrected chi connectivity index (χ3v) is 3.97. The van der Waals surface area contributed by atoms with E-state index >= 15 is 0 Å². The Kier molecular flexibility index (Phi) is 5.76. The fraction of sp³-hybridized carbons (Fsp3) is 0.0476. The molecule has 0 bridgehead atoms. The molecule has 0 heterocycles. The number of rotatable bonds is 7. The van der Waals surface area contributed by atoms with Gasteiger partial charge in [-0.1, -0.05) is 42.5 Å². The van der Waals surface area contributed by atoms with E-state index in [1.54, 1.807) is 12.1 Å². The van der Waals surface area contributed by atoms with Crippen LogP contribution in [0.5, 0.6) is 5.75 Å². The van der Waals surface area contributed by atoms with Gasteiger partial charge in [-0.25, -0.2) is 0 Å². The highest BCUT2D eigenvalue weighted by molar-refractivity contribution is 5.92. The molecule has 0 spiro atoms. The first-order valence-corrected chi connectivity index (χ1v) is 8.38. The van der Waals surface area contributed by atoms with Crippen molar-refractivity contribution in [1.82, 2.24) is 0 Å². The van der Waals surface area contributed by atoms with Gasteiger partial charge in [-0.15, -0.1) is 0 Å². The fourth-order valence-electron chi connectivity index (χ4n) is 2.59. The topological polar surface area (TPSA) is 98.5 Å². The first-order valence-electron chi connectivity index (χ1n) is 8.38. The van der Waals surface area contributed by atoms with Crippen molar-refractivity contribution < 1.29 is 19.2 Å². The number of nitrogens with zero attached hydrogens (tertiary/aromatic N) is 1. The van der Waals surface area contributed by atoms with Crippen molar-refractivity contribution in [2.75, 3.05) is 11.9 Å². The summed E-state index contributed by atoms with van der Waals surface area (Å²) in [6.07, 6.45) is 0.447. The number of hydrogen-bond acceptors (Lipinski definition) is 5. The van der Waals surface area contributed by atoms with Gasteiger partial charge in [0.15, 0.2) is 12.9 Å². The lowest BCUT2D eigenvalue weighted by Crippen LogP contribution is -2.20. The fourth-order valence-corrected chi connectivity index (χ4v) is 2.59. The van der Waals surface area contributed by atoms with Gasteiger partial charge in [0, 0.05) is 17.8 Å². The van der Waals surface area contributed by atoms with E-state index in [2.05, 4.69) is 5.32 Å². The Morgan fingerprint density at radius 3 is 2.32 bits per heavy atom. The third kappa shape index (κ3) is 4.59. The highest BCUT2D eigenvalue weighted by Gasteiger charge is 2.12. The number of aldehydes is 1. The summed E-state index contributed by atoms with van der Waals surface area (Å²) in [5.74, 6) is -0.308. The van der Waals surface area contributed by atoms with Crippen LogP contribution in [0.1, 0.15) is 10.4 Å². The number of amides is 1. The number of nitro groups is 1. The number of carbonyl (C=O) groups excluding carboxylic acids is 2. The van der Waals surface area contributed by atoms with Crippen LogP contribution < -0.4 is 10.1 Å². The van der Waals surface area contributed by atoms with Crippen LogP contribution in [0.4, 0.5) is 11.4 Å². The minimum absolute atomic E-state index is 0.00853. The Hall–Kier alpha value is -4.00. The van der Waals surface area contributed by atoms with Gasteiger partial charge in [0.1, 0.15) is 5.75 Å². The predicted molar refractivity (Wildman–Crippen MR) is 104 cm³/mol. The molecule has 0 fully saturated rings. The molecule has 0 saturated heterocycles. The molecule has 3 aromatic rings. The summed E-state index contributed by atoms with van der Waals surface area (Å²) >= 11 is 0. The maximum atomic E-state index is 12.1. The molecule has 3 aromatic carbocycles. The molecule has 3 rings (SSSR count). The highest BCUT2D eigenvalue weighted by Crippen LogP contribution is 2.23. The molecule has 0 atom stereocenters. The minimum Gasteiger partial charge on any atom is -0.483 e. The summed E-state index contributed by atoms with van der Waals surface area (Å²) in [6.45, 7) is -0.334. The van der Waals surface area contributed by atoms with Crippen LogP contribution in [-0.2, 0) is 4.79 Å². The number of nitrogens with one attached hydrogen (secondary N) is 1. The average Bonchev–Trinajstić information content (AvgIpc) is 2.73. The summed E-state index contributed by atoms with van der Waals surface area (Å²) in [4.78, 5) is 33.3. The summed E-state index contributed by atoms with van der Waals surface area (Å²) in [6, 6.07) is 20.8. The lowest BCUT2D eigenvalue weighted by atomic mass is 10.1. The van der Waals surface area contributed by atoms with Gasteiger partial charge in [0.2, 0.25) is 0 Å². The molecule has 0 saturated carbocycles. The molecule has 7 heteroatoms. The number of non-ortho nitro benzene ring substituents is 1. The molecule has 0 aliphatic rings. The number of anilines is 1. The molecule has 28 heavy (non-hydrogen) atoms. The molecular weight excluding hydrogens is 360 g/mol. The van der Waals surface area contributed by atoms with Gasteiger partial charge < -0.3 is 10.1 Å². The van der Waals surface area contributed by atoms with Crippen LogP contribution >= 0.6 is 0 Å². The SMILES string of the molecule is O=Cc1cc([N+](=O)[O-])ccc1OCC(=O)Nc1ccc(-c2ccccc2)cc1. The summed E-state index contributed by atoms with van der Waals surface area (Å²) in [5, 5.41) is 13.4. The number of hydrogen-bond donors (Lipinski definition) is 1. The zero-order valence-electron chi connectivity index (χ0n) is 14.7. The van der Waals surface area contributed by atoms with Gasteiger partial charge in [0.25, 0.3) is 11.6 Å². The van der Waals surface area contributed by atoms with Crippen LogP contribution in [0.15, 0.2) is 72.8 Å². The van der Waals surface area contributed by atoms with Gasteiger partial charge in [0.05, 0.1) is 10.5 Å². The van der Waals surface area contributed by atoms with Crippen molar-refractivity contribution in [1.29, 1.82) is 0 Å². The Labute approximate surface area is 160 Å². The second-order valence-corrected chi connectivity index (χ2v) is 5.88.